The lowest BCUT2D eigenvalue weighted by molar-refractivity contribution is 0.592. The third-order valence-corrected chi connectivity index (χ3v) is 5.18. The number of nitrogens with one attached hydrogen (secondary N) is 1. The van der Waals surface area contributed by atoms with Crippen molar-refractivity contribution in [1.82, 2.24) is 10.3 Å². The van der Waals surface area contributed by atoms with Gasteiger partial charge >= 0.3 is 0 Å². The van der Waals surface area contributed by atoms with Crippen LogP contribution >= 0.6 is 23.1 Å². The first-order valence-electron chi connectivity index (χ1n) is 6.17. The van der Waals surface area contributed by atoms with E-state index in [9.17, 15) is 0 Å². The first-order valence-corrected chi connectivity index (χ1v) is 8.20. The zero-order valence-corrected chi connectivity index (χ0v) is 12.0. The summed E-state index contributed by atoms with van der Waals surface area (Å²) in [4.78, 5) is 4.81. The number of nitrogens with zero attached hydrogens (tertiary/aromatic N) is 1. The lowest BCUT2D eigenvalue weighted by Gasteiger charge is -2.20. The van der Waals surface area contributed by atoms with E-state index in [1.807, 2.05) is 11.8 Å². The van der Waals surface area contributed by atoms with Crippen molar-refractivity contribution in [2.24, 2.45) is 0 Å². The highest BCUT2D eigenvalue weighted by atomic mass is 32.2. The van der Waals surface area contributed by atoms with Crippen molar-refractivity contribution in [2.45, 2.75) is 13.0 Å². The molecule has 0 amide bonds. The van der Waals surface area contributed by atoms with Crippen molar-refractivity contribution in [3.63, 3.8) is 0 Å². The molecule has 0 radical (unpaired) electrons. The Kier molecular flexibility index (Phi) is 3.68. The molecule has 1 aromatic carbocycles. The number of aromatic nitrogens is 1. The maximum absolute atomic E-state index is 4.81. The maximum Gasteiger partial charge on any atom is 0.111 e. The third kappa shape index (κ3) is 2.46. The van der Waals surface area contributed by atoms with Crippen molar-refractivity contribution in [2.75, 3.05) is 18.1 Å². The molecule has 0 saturated carbocycles. The van der Waals surface area contributed by atoms with Gasteiger partial charge < -0.3 is 5.32 Å². The summed E-state index contributed by atoms with van der Waals surface area (Å²) in [5.41, 5.74) is 3.66. The predicted octanol–water partition coefficient (Wildman–Crippen LogP) is 3.50. The molecule has 1 aliphatic rings. The van der Waals surface area contributed by atoms with Crippen LogP contribution in [0.25, 0.3) is 11.3 Å². The largest absolute Gasteiger partial charge is 0.306 e. The molecule has 1 aromatic heterocycles. The maximum atomic E-state index is 4.81. The zero-order chi connectivity index (χ0) is 12.4. The molecule has 2 heterocycles. The Morgan fingerprint density at radius 1 is 1.33 bits per heavy atom. The van der Waals surface area contributed by atoms with Gasteiger partial charge in [0.25, 0.3) is 0 Å². The smallest absolute Gasteiger partial charge is 0.111 e. The van der Waals surface area contributed by atoms with Crippen molar-refractivity contribution in [3.05, 3.63) is 40.2 Å². The van der Waals surface area contributed by atoms with E-state index >= 15 is 0 Å². The molecule has 4 heteroatoms. The molecule has 0 spiro atoms. The number of hydrogen-bond acceptors (Lipinski definition) is 4. The molecule has 94 valence electrons. The van der Waals surface area contributed by atoms with Crippen LogP contribution in [-0.4, -0.2) is 23.0 Å². The van der Waals surface area contributed by atoms with E-state index in [0.717, 1.165) is 18.0 Å². The van der Waals surface area contributed by atoms with Gasteiger partial charge in [-0.15, -0.1) is 11.3 Å². The van der Waals surface area contributed by atoms with Gasteiger partial charge in [-0.1, -0.05) is 24.3 Å². The minimum Gasteiger partial charge on any atom is -0.306 e. The van der Waals surface area contributed by atoms with Crippen LogP contribution in [0.1, 0.15) is 16.6 Å². The van der Waals surface area contributed by atoms with Crippen molar-refractivity contribution < 1.29 is 0 Å². The molecule has 0 aliphatic carbocycles. The van der Waals surface area contributed by atoms with Gasteiger partial charge in [0.05, 0.1) is 11.7 Å². The Morgan fingerprint density at radius 2 is 2.22 bits per heavy atom. The summed E-state index contributed by atoms with van der Waals surface area (Å²) in [5, 5.41) is 6.94. The zero-order valence-electron chi connectivity index (χ0n) is 10.3. The van der Waals surface area contributed by atoms with Crippen LogP contribution in [0.2, 0.25) is 0 Å². The molecular formula is C14H16N2S2. The summed E-state index contributed by atoms with van der Waals surface area (Å²) in [6, 6.07) is 8.88. The molecule has 18 heavy (non-hydrogen) atoms. The Bertz CT molecular complexity index is 530. The van der Waals surface area contributed by atoms with Crippen LogP contribution in [0.15, 0.2) is 29.6 Å². The minimum atomic E-state index is 0.437. The Hall–Kier alpha value is -0.840. The standard InChI is InChI=1S/C14H16N2S2/c1-10-4-2-3-5-11(10)12-9-18-14(16-12)13-8-17-7-6-15-13/h2-5,9,13,15H,6-8H2,1H3. The van der Waals surface area contributed by atoms with E-state index in [0.29, 0.717) is 6.04 Å². The number of thiazole rings is 1. The fourth-order valence-electron chi connectivity index (χ4n) is 2.16. The first kappa shape index (κ1) is 12.2. The number of hydrogen-bond donors (Lipinski definition) is 1. The van der Waals surface area contributed by atoms with Crippen LogP contribution < -0.4 is 5.32 Å². The molecule has 1 atom stereocenters. The predicted molar refractivity (Wildman–Crippen MR) is 80.4 cm³/mol. The number of thioether (sulfide) groups is 1. The summed E-state index contributed by atoms with van der Waals surface area (Å²) < 4.78 is 0. The summed E-state index contributed by atoms with van der Waals surface area (Å²) in [7, 11) is 0. The second-order valence-corrected chi connectivity index (χ2v) is 6.51. The van der Waals surface area contributed by atoms with Gasteiger partial charge in [0.2, 0.25) is 0 Å². The number of rotatable bonds is 2. The summed E-state index contributed by atoms with van der Waals surface area (Å²) in [6.45, 7) is 3.23. The molecule has 2 aromatic rings. The molecule has 3 rings (SSSR count). The summed E-state index contributed by atoms with van der Waals surface area (Å²) >= 11 is 3.78. The van der Waals surface area contributed by atoms with Gasteiger partial charge in [-0.3, -0.25) is 0 Å². The van der Waals surface area contributed by atoms with E-state index in [2.05, 4.69) is 41.9 Å². The fraction of sp³-hybridized carbons (Fsp3) is 0.357. The summed E-state index contributed by atoms with van der Waals surface area (Å²) in [5.74, 6) is 2.35. The second kappa shape index (κ2) is 5.43. The second-order valence-electron chi connectivity index (χ2n) is 4.47. The lowest BCUT2D eigenvalue weighted by atomic mass is 10.1. The van der Waals surface area contributed by atoms with E-state index in [-0.39, 0.29) is 0 Å². The third-order valence-electron chi connectivity index (χ3n) is 3.16. The average molecular weight is 276 g/mol. The van der Waals surface area contributed by atoms with Gasteiger partial charge in [0, 0.05) is 29.0 Å². The highest BCUT2D eigenvalue weighted by Crippen LogP contribution is 2.29. The molecule has 1 unspecified atom stereocenters. The molecular weight excluding hydrogens is 260 g/mol. The Labute approximate surface area is 116 Å². The molecule has 1 fully saturated rings. The van der Waals surface area contributed by atoms with Crippen molar-refractivity contribution >= 4 is 23.1 Å². The van der Waals surface area contributed by atoms with Crippen molar-refractivity contribution in [3.8, 4) is 11.3 Å². The van der Waals surface area contributed by atoms with Crippen LogP contribution in [-0.2, 0) is 0 Å². The summed E-state index contributed by atoms with van der Waals surface area (Å²) in [6.07, 6.45) is 0. The molecule has 1 aliphatic heterocycles. The van der Waals surface area contributed by atoms with E-state index < -0.39 is 0 Å². The first-order chi connectivity index (χ1) is 8.84. The number of aryl methyl sites for hydroxylation is 1. The Balaban J connectivity index is 1.87. The highest BCUT2D eigenvalue weighted by Gasteiger charge is 2.18. The number of benzene rings is 1. The normalized spacial score (nSPS) is 19.9. The van der Waals surface area contributed by atoms with E-state index in [4.69, 9.17) is 4.98 Å². The fourth-order valence-corrected chi connectivity index (χ4v) is 4.10. The van der Waals surface area contributed by atoms with Crippen molar-refractivity contribution in [1.29, 1.82) is 0 Å². The van der Waals surface area contributed by atoms with Crippen LogP contribution in [0, 0.1) is 6.92 Å². The van der Waals surface area contributed by atoms with E-state index in [1.165, 1.54) is 21.9 Å². The molecule has 2 nitrogen and oxygen atoms in total. The monoisotopic (exact) mass is 276 g/mol. The average Bonchev–Trinajstić information content (AvgIpc) is 2.90. The van der Waals surface area contributed by atoms with Gasteiger partial charge in [0.1, 0.15) is 5.01 Å². The quantitative estimate of drug-likeness (QED) is 0.909. The van der Waals surface area contributed by atoms with Crippen LogP contribution in [0.4, 0.5) is 0 Å². The molecule has 1 saturated heterocycles. The lowest BCUT2D eigenvalue weighted by Crippen LogP contribution is -2.30. The van der Waals surface area contributed by atoms with Gasteiger partial charge in [-0.2, -0.15) is 11.8 Å². The van der Waals surface area contributed by atoms with E-state index in [1.54, 1.807) is 11.3 Å². The van der Waals surface area contributed by atoms with Gasteiger partial charge in [0.15, 0.2) is 0 Å². The highest BCUT2D eigenvalue weighted by molar-refractivity contribution is 7.99. The van der Waals surface area contributed by atoms with Gasteiger partial charge in [-0.25, -0.2) is 4.98 Å². The Morgan fingerprint density at radius 3 is 3.00 bits per heavy atom. The minimum absolute atomic E-state index is 0.437. The topological polar surface area (TPSA) is 24.9 Å². The molecule has 1 N–H and O–H groups in total. The van der Waals surface area contributed by atoms with Crippen LogP contribution in [0.5, 0.6) is 0 Å². The molecule has 0 bridgehead atoms. The SMILES string of the molecule is Cc1ccccc1-c1csc(C2CSCCN2)n1. The van der Waals surface area contributed by atoms with Gasteiger partial charge in [-0.05, 0) is 12.5 Å². The van der Waals surface area contributed by atoms with Crippen LogP contribution in [0.3, 0.4) is 0 Å².